The number of ether oxygens (including phenoxy) is 2. The number of esters is 2. The van der Waals surface area contributed by atoms with Crippen molar-refractivity contribution in [2.75, 3.05) is 47.5 Å². The van der Waals surface area contributed by atoms with Crippen LogP contribution < -0.4 is 4.89 Å². The lowest BCUT2D eigenvalue weighted by Crippen LogP contribution is -2.37. The number of carbonyl (C=O) groups is 2. The van der Waals surface area contributed by atoms with E-state index in [1.165, 1.54) is 25.7 Å². The van der Waals surface area contributed by atoms with Crippen molar-refractivity contribution in [1.29, 1.82) is 0 Å². The number of phosphoric ester groups is 1. The highest BCUT2D eigenvalue weighted by Gasteiger charge is 2.21. The Morgan fingerprint density at radius 2 is 1.11 bits per heavy atom. The second-order valence-electron chi connectivity index (χ2n) is 13.7. The lowest BCUT2D eigenvalue weighted by molar-refractivity contribution is -0.870. The first kappa shape index (κ1) is 50.7. The van der Waals surface area contributed by atoms with Gasteiger partial charge in [-0.2, -0.15) is 0 Å². The molecule has 0 aromatic rings. The van der Waals surface area contributed by atoms with Crippen molar-refractivity contribution in [2.45, 2.75) is 110 Å². The van der Waals surface area contributed by atoms with Gasteiger partial charge in [0.25, 0.3) is 7.82 Å². The molecule has 0 spiro atoms. The van der Waals surface area contributed by atoms with E-state index in [2.05, 4.69) is 62.5 Å². The monoisotopic (exact) mass is 771 g/mol. The molecule has 10 heteroatoms. The van der Waals surface area contributed by atoms with E-state index in [9.17, 15) is 19.0 Å². The van der Waals surface area contributed by atoms with Crippen LogP contribution in [-0.4, -0.2) is 70.0 Å². The summed E-state index contributed by atoms with van der Waals surface area (Å²) >= 11 is 0. The van der Waals surface area contributed by atoms with Gasteiger partial charge in [-0.25, -0.2) is 0 Å². The van der Waals surface area contributed by atoms with E-state index in [0.29, 0.717) is 36.7 Å². The van der Waals surface area contributed by atoms with Crippen molar-refractivity contribution in [3.63, 3.8) is 0 Å². The number of hydrogen-bond acceptors (Lipinski definition) is 8. The molecule has 0 saturated carbocycles. The average Bonchev–Trinajstić information content (AvgIpc) is 3.12. The van der Waals surface area contributed by atoms with E-state index in [1.54, 1.807) is 0 Å². The Morgan fingerprint density at radius 3 is 1.67 bits per heavy atom. The average molecular weight is 772 g/mol. The molecule has 0 saturated heterocycles. The third-order valence-corrected chi connectivity index (χ3v) is 8.37. The summed E-state index contributed by atoms with van der Waals surface area (Å²) in [6.07, 6.45) is 47.1. The number of hydrogen-bond donors (Lipinski definition) is 0. The highest BCUT2D eigenvalue weighted by atomic mass is 31.2. The fourth-order valence-electron chi connectivity index (χ4n) is 4.32. The number of quaternary nitrogens is 1. The highest BCUT2D eigenvalue weighted by Crippen LogP contribution is 2.38. The van der Waals surface area contributed by atoms with Gasteiger partial charge in [0.15, 0.2) is 6.10 Å². The normalized spacial score (nSPS) is 14.9. The van der Waals surface area contributed by atoms with Crippen LogP contribution >= 0.6 is 7.82 Å². The van der Waals surface area contributed by atoms with E-state index in [1.807, 2.05) is 81.9 Å². The van der Waals surface area contributed by atoms with Gasteiger partial charge in [0.2, 0.25) is 0 Å². The van der Waals surface area contributed by atoms with Crippen LogP contribution in [0.3, 0.4) is 0 Å². The summed E-state index contributed by atoms with van der Waals surface area (Å²) in [5.41, 5.74) is 0. The van der Waals surface area contributed by atoms with E-state index < -0.39 is 32.5 Å². The molecule has 0 aliphatic rings. The lowest BCUT2D eigenvalue weighted by Gasteiger charge is -2.28. The zero-order chi connectivity index (χ0) is 40.0. The van der Waals surface area contributed by atoms with Crippen molar-refractivity contribution < 1.29 is 42.1 Å². The van der Waals surface area contributed by atoms with Crippen molar-refractivity contribution in [1.82, 2.24) is 0 Å². The van der Waals surface area contributed by atoms with Crippen LogP contribution in [0.1, 0.15) is 104 Å². The molecule has 0 heterocycles. The van der Waals surface area contributed by atoms with Gasteiger partial charge in [-0.1, -0.05) is 136 Å². The maximum absolute atomic E-state index is 12.6. The molecule has 0 amide bonds. The van der Waals surface area contributed by atoms with Crippen LogP contribution in [-0.2, 0) is 32.7 Å². The molecule has 0 N–H and O–H groups in total. The topological polar surface area (TPSA) is 111 Å². The maximum Gasteiger partial charge on any atom is 0.306 e. The second kappa shape index (κ2) is 35.4. The van der Waals surface area contributed by atoms with Gasteiger partial charge in [0, 0.05) is 12.8 Å². The molecule has 9 nitrogen and oxygen atoms in total. The maximum atomic E-state index is 12.6. The SMILES string of the molecule is CC/C=C/C=C/C=C/C=C/C=C/CCCC(=O)OC(COC(=O)CCC/C=C/C/C=C/C/C=C/C/C=C/CCCCC)COP(=O)([O-])OCC[N+](C)(C)C. The van der Waals surface area contributed by atoms with Gasteiger partial charge in [0.1, 0.15) is 19.8 Å². The molecule has 0 aromatic heterocycles. The number of phosphoric acid groups is 1. The first-order chi connectivity index (χ1) is 26.0. The van der Waals surface area contributed by atoms with Crippen molar-refractivity contribution in [3.05, 3.63) is 109 Å². The highest BCUT2D eigenvalue weighted by molar-refractivity contribution is 7.45. The van der Waals surface area contributed by atoms with Crippen molar-refractivity contribution >= 4 is 19.8 Å². The first-order valence-electron chi connectivity index (χ1n) is 19.7. The molecule has 0 radical (unpaired) electrons. The van der Waals surface area contributed by atoms with Gasteiger partial charge in [-0.05, 0) is 64.2 Å². The molecule has 0 fully saturated rings. The Morgan fingerprint density at radius 1 is 0.611 bits per heavy atom. The Balaban J connectivity index is 4.65. The molecule has 0 rings (SSSR count). The number of likely N-dealkylation sites (N-methyl/N-ethyl adjacent to an activating group) is 1. The van der Waals surface area contributed by atoms with Gasteiger partial charge in [0.05, 0.1) is 27.7 Å². The van der Waals surface area contributed by atoms with Crippen LogP contribution in [0, 0.1) is 0 Å². The van der Waals surface area contributed by atoms with Crippen molar-refractivity contribution in [2.24, 2.45) is 0 Å². The number of carbonyl (C=O) groups excluding carboxylic acids is 2. The molecular formula is C44H70NO8P. The zero-order valence-electron chi connectivity index (χ0n) is 33.9. The number of unbranched alkanes of at least 4 members (excludes halogenated alkanes) is 5. The van der Waals surface area contributed by atoms with Crippen molar-refractivity contribution in [3.8, 4) is 0 Å². The van der Waals surface area contributed by atoms with E-state index >= 15 is 0 Å². The van der Waals surface area contributed by atoms with E-state index in [-0.39, 0.29) is 26.1 Å². The molecule has 0 aliphatic carbocycles. The summed E-state index contributed by atoms with van der Waals surface area (Å²) in [5, 5.41) is 0. The number of allylic oxidation sites excluding steroid dienone is 18. The predicted octanol–water partition coefficient (Wildman–Crippen LogP) is 10.2. The second-order valence-corrected chi connectivity index (χ2v) is 15.1. The largest absolute Gasteiger partial charge is 0.756 e. The third-order valence-electron chi connectivity index (χ3n) is 7.40. The molecule has 2 unspecified atom stereocenters. The number of rotatable bonds is 33. The minimum atomic E-state index is -4.66. The summed E-state index contributed by atoms with van der Waals surface area (Å²) < 4.78 is 33.6. The standard InChI is InChI=1S/C44H70NO8P/c1-6-8-10-12-14-16-18-20-21-22-23-25-26-28-30-32-34-36-43(46)50-40-42(41-52-54(48,49)51-39-38-45(3,4)5)53-44(47)37-35-33-31-29-27-24-19-17-15-13-11-9-7-2/h9,11,13-17,19-21,23-25,27-31,42H,6-8,10,12,18,22,26,32-41H2,1-5H3/b11-9+,15-13+,16-14+,19-17+,21-20+,25-23+,27-24+,30-28+,31-29+. The summed E-state index contributed by atoms with van der Waals surface area (Å²) in [7, 11) is 1.07. The predicted molar refractivity (Wildman–Crippen MR) is 221 cm³/mol. The van der Waals surface area contributed by atoms with Gasteiger partial charge >= 0.3 is 11.9 Å². The quantitative estimate of drug-likeness (QED) is 0.0162. The third kappa shape index (κ3) is 38.4. The smallest absolute Gasteiger partial charge is 0.306 e. The zero-order valence-corrected chi connectivity index (χ0v) is 34.8. The van der Waals surface area contributed by atoms with Crippen LogP contribution in [0.25, 0.3) is 0 Å². The van der Waals surface area contributed by atoms with Crippen LogP contribution in [0.5, 0.6) is 0 Å². The summed E-state index contributed by atoms with van der Waals surface area (Å²) in [6.45, 7) is 3.85. The van der Waals surface area contributed by atoms with E-state index in [0.717, 1.165) is 25.7 Å². The van der Waals surface area contributed by atoms with Gasteiger partial charge in [-0.3, -0.25) is 14.2 Å². The van der Waals surface area contributed by atoms with Gasteiger partial charge < -0.3 is 27.9 Å². The molecule has 54 heavy (non-hydrogen) atoms. The Labute approximate surface area is 327 Å². The molecule has 0 aromatic carbocycles. The lowest BCUT2D eigenvalue weighted by atomic mass is 10.2. The minimum absolute atomic E-state index is 0.0597. The molecule has 2 atom stereocenters. The summed E-state index contributed by atoms with van der Waals surface area (Å²) in [6, 6.07) is 0. The van der Waals surface area contributed by atoms with Crippen LogP contribution in [0.2, 0.25) is 0 Å². The minimum Gasteiger partial charge on any atom is -0.756 e. The first-order valence-corrected chi connectivity index (χ1v) is 21.1. The summed E-state index contributed by atoms with van der Waals surface area (Å²) in [5.74, 6) is -1.00. The van der Waals surface area contributed by atoms with E-state index in [4.69, 9.17) is 18.5 Å². The fraction of sp³-hybridized carbons (Fsp3) is 0.545. The molecule has 304 valence electrons. The Kier molecular flexibility index (Phi) is 33.2. The van der Waals surface area contributed by atoms with Crippen LogP contribution in [0.4, 0.5) is 0 Å². The molecule has 0 bridgehead atoms. The number of nitrogens with zero attached hydrogens (tertiary/aromatic N) is 1. The fourth-order valence-corrected chi connectivity index (χ4v) is 5.05. The Bertz CT molecular complexity index is 1280. The molecular weight excluding hydrogens is 701 g/mol. The van der Waals surface area contributed by atoms with Crippen LogP contribution in [0.15, 0.2) is 109 Å². The summed E-state index contributed by atoms with van der Waals surface area (Å²) in [4.78, 5) is 37.3. The Hall–Kier alpha value is -3.33. The molecule has 0 aliphatic heterocycles. The van der Waals surface area contributed by atoms with Gasteiger partial charge in [-0.15, -0.1) is 0 Å².